The number of hydrogen-bond donors (Lipinski definition) is 2. The average molecular weight is 464 g/mol. The normalized spacial score (nSPS) is 11.6. The van der Waals surface area contributed by atoms with Gasteiger partial charge in [0.05, 0.1) is 13.0 Å². The number of rotatable bonds is 17. The molecule has 1 amide bonds. The zero-order chi connectivity index (χ0) is 22.5. The summed E-state index contributed by atoms with van der Waals surface area (Å²) in [6.45, 7) is 7.93. The van der Waals surface area contributed by atoms with Crippen LogP contribution in [0.3, 0.4) is 0 Å². The molecule has 1 atom stereocenters. The van der Waals surface area contributed by atoms with Crippen molar-refractivity contribution in [2.75, 3.05) is 19.8 Å². The summed E-state index contributed by atoms with van der Waals surface area (Å²) >= 11 is 0. The van der Waals surface area contributed by atoms with E-state index in [1.54, 1.807) is 0 Å². The molecule has 0 aromatic rings. The van der Waals surface area contributed by atoms with E-state index in [1.807, 2.05) is 13.8 Å². The van der Waals surface area contributed by atoms with Crippen LogP contribution in [0.5, 0.6) is 0 Å². The Hall–Kier alpha value is -0.190. The van der Waals surface area contributed by atoms with Gasteiger partial charge in [-0.25, -0.2) is 0 Å². The first-order chi connectivity index (χ1) is 13.7. The summed E-state index contributed by atoms with van der Waals surface area (Å²) in [6.07, 6.45) is 10.5. The van der Waals surface area contributed by atoms with Crippen molar-refractivity contribution in [1.29, 1.82) is 0 Å². The van der Waals surface area contributed by atoms with Crippen LogP contribution in [-0.4, -0.2) is 49.9 Å². The van der Waals surface area contributed by atoms with Crippen LogP contribution in [0.2, 0.25) is 0 Å². The third kappa shape index (κ3) is 24.1. The van der Waals surface area contributed by atoms with Crippen LogP contribution < -0.4 is 35.3 Å². The van der Waals surface area contributed by atoms with Crippen molar-refractivity contribution in [3.05, 3.63) is 0 Å². The Morgan fingerprint density at radius 3 is 1.67 bits per heavy atom. The van der Waals surface area contributed by atoms with Gasteiger partial charge in [-0.15, -0.1) is 0 Å². The van der Waals surface area contributed by atoms with Gasteiger partial charge in [-0.3, -0.25) is 14.1 Å². The molecule has 30 heavy (non-hydrogen) atoms. The topological polar surface area (TPSA) is 133 Å². The first kappa shape index (κ1) is 34.4. The molecule has 0 rings (SSSR count). The van der Waals surface area contributed by atoms with Crippen LogP contribution in [0.15, 0.2) is 0 Å². The molecule has 0 spiro atoms. The zero-order valence-electron chi connectivity index (χ0n) is 20.4. The van der Waals surface area contributed by atoms with E-state index in [-0.39, 0.29) is 37.6 Å². The molecular formula is C20H42NNaO7S. The van der Waals surface area contributed by atoms with Crippen molar-refractivity contribution in [2.24, 2.45) is 5.73 Å². The van der Waals surface area contributed by atoms with Crippen molar-refractivity contribution in [3.63, 3.8) is 0 Å². The molecule has 8 nitrogen and oxygen atoms in total. The zero-order valence-corrected chi connectivity index (χ0v) is 22.2. The number of ether oxygens (including phenoxy) is 2. The number of primary amides is 1. The maximum Gasteiger partial charge on any atom is 1.00 e. The van der Waals surface area contributed by atoms with E-state index in [0.717, 1.165) is 32.5 Å². The van der Waals surface area contributed by atoms with Gasteiger partial charge in [0.15, 0.2) is 5.25 Å². The second kappa shape index (κ2) is 23.5. The van der Waals surface area contributed by atoms with Crippen molar-refractivity contribution in [1.82, 2.24) is 0 Å². The molecule has 0 aromatic carbocycles. The summed E-state index contributed by atoms with van der Waals surface area (Å²) in [4.78, 5) is 22.4. The third-order valence-corrected chi connectivity index (χ3v) is 5.24. The van der Waals surface area contributed by atoms with Gasteiger partial charge in [-0.2, -0.15) is 8.42 Å². The van der Waals surface area contributed by atoms with Gasteiger partial charge in [0.2, 0.25) is 5.91 Å². The monoisotopic (exact) mass is 463 g/mol. The van der Waals surface area contributed by atoms with Crippen LogP contribution >= 0.6 is 0 Å². The van der Waals surface area contributed by atoms with Crippen molar-refractivity contribution in [3.8, 4) is 0 Å². The van der Waals surface area contributed by atoms with Gasteiger partial charge in [0, 0.05) is 13.2 Å². The summed E-state index contributed by atoms with van der Waals surface area (Å²) < 4.78 is 40.7. The molecule has 1 unspecified atom stereocenters. The smallest absolute Gasteiger partial charge is 1.00 e. The van der Waals surface area contributed by atoms with Crippen LogP contribution in [0.1, 0.15) is 92.8 Å². The minimum Gasteiger partial charge on any atom is -1.00 e. The largest absolute Gasteiger partial charge is 1.00 e. The van der Waals surface area contributed by atoms with Crippen molar-refractivity contribution < 1.29 is 63.0 Å². The van der Waals surface area contributed by atoms with E-state index >= 15 is 0 Å². The number of unbranched alkanes of at least 4 members (excludes halogenated alkanes) is 9. The average Bonchev–Trinajstić information content (AvgIpc) is 2.64. The van der Waals surface area contributed by atoms with Gasteiger partial charge < -0.3 is 16.6 Å². The van der Waals surface area contributed by atoms with Crippen LogP contribution in [-0.2, 0) is 29.2 Å². The maximum absolute atomic E-state index is 11.6. The fourth-order valence-electron chi connectivity index (χ4n) is 2.55. The molecule has 0 bridgehead atoms. The minimum atomic E-state index is -4.70. The molecule has 0 saturated carbocycles. The van der Waals surface area contributed by atoms with Gasteiger partial charge in [0.25, 0.3) is 10.1 Å². The first-order valence-corrected chi connectivity index (χ1v) is 12.2. The molecule has 0 aliphatic rings. The Kier molecular flexibility index (Phi) is 26.9. The van der Waals surface area contributed by atoms with Gasteiger partial charge in [-0.05, 0) is 20.3 Å². The van der Waals surface area contributed by atoms with Crippen molar-refractivity contribution in [2.45, 2.75) is 96.7 Å². The van der Waals surface area contributed by atoms with Crippen LogP contribution in [0.4, 0.5) is 0 Å². The third-order valence-electron chi connectivity index (χ3n) is 4.16. The Morgan fingerprint density at radius 2 is 1.33 bits per heavy atom. The molecule has 0 radical (unpaired) electrons. The maximum atomic E-state index is 11.6. The second-order valence-electron chi connectivity index (χ2n) is 6.81. The number of esters is 1. The summed E-state index contributed by atoms with van der Waals surface area (Å²) in [6, 6.07) is 0. The minimum absolute atomic E-state index is 0. The number of carbonyl (C=O) groups is 2. The summed E-state index contributed by atoms with van der Waals surface area (Å²) in [5.41, 5.74) is 4.87. The summed E-state index contributed by atoms with van der Waals surface area (Å²) in [5, 5.41) is -1.93. The predicted octanol–water partition coefficient (Wildman–Crippen LogP) is 0.742. The van der Waals surface area contributed by atoms with Gasteiger partial charge in [0.1, 0.15) is 0 Å². The molecule has 0 saturated heterocycles. The molecule has 0 heterocycles. The Labute approximate surface area is 206 Å². The quantitative estimate of drug-likeness (QED) is 0.141. The van der Waals surface area contributed by atoms with E-state index in [1.165, 1.54) is 38.5 Å². The van der Waals surface area contributed by atoms with E-state index in [9.17, 15) is 18.0 Å². The van der Waals surface area contributed by atoms with E-state index < -0.39 is 33.7 Å². The molecule has 0 aliphatic carbocycles. The molecule has 0 aromatic heterocycles. The number of amides is 1. The Bertz CT molecular complexity index is 520. The van der Waals surface area contributed by atoms with E-state index in [2.05, 4.69) is 6.92 Å². The second-order valence-corrected chi connectivity index (χ2v) is 8.40. The number of nitrogens with two attached hydrogens (primary N) is 1. The molecule has 176 valence electrons. The Morgan fingerprint density at radius 1 is 0.900 bits per heavy atom. The predicted molar refractivity (Wildman–Crippen MR) is 115 cm³/mol. The van der Waals surface area contributed by atoms with Crippen LogP contribution in [0, 0.1) is 0 Å². The first-order valence-electron chi connectivity index (χ1n) is 10.7. The van der Waals surface area contributed by atoms with Gasteiger partial charge >= 0.3 is 35.5 Å². The fraction of sp³-hybridized carbons (Fsp3) is 0.900. The summed E-state index contributed by atoms with van der Waals surface area (Å²) in [7, 11) is -4.70. The molecule has 0 aliphatic heterocycles. The summed E-state index contributed by atoms with van der Waals surface area (Å²) in [5.74, 6) is -2.12. The fourth-order valence-corrected chi connectivity index (χ4v) is 3.24. The number of carbonyl (C=O) groups excluding carboxylic acids is 2. The van der Waals surface area contributed by atoms with Crippen molar-refractivity contribution >= 4 is 22.0 Å². The molecule has 3 N–H and O–H groups in total. The molecule has 10 heteroatoms. The number of hydrogen-bond acceptors (Lipinski definition) is 6. The standard InChI is InChI=1S/C16H31NO6S.C4H10O.Na.H/c1-2-3-4-5-6-7-8-9-10-11-12-23-16(19)14(13-15(17)18)24(20,21)22;1-3-5-4-2;;/h14H,2-13H2,1H3,(H2,17,18)(H,20,21,22);3-4H2,1-2H3;;/q;;+1;-1. The van der Waals surface area contributed by atoms with E-state index in [4.69, 9.17) is 19.8 Å². The molecule has 0 fully saturated rings. The van der Waals surface area contributed by atoms with E-state index in [0.29, 0.717) is 6.42 Å². The molecular weight excluding hydrogens is 421 g/mol. The van der Waals surface area contributed by atoms with Crippen LogP contribution in [0.25, 0.3) is 0 Å². The SMILES string of the molecule is CCCCCCCCCCCCOC(=O)C(CC(N)=O)S(=O)(=O)O.CCOCC.[H-].[Na+]. The Balaban J connectivity index is -0.000000464. The van der Waals surface area contributed by atoms with Gasteiger partial charge in [-0.1, -0.05) is 64.7 Å².